The summed E-state index contributed by atoms with van der Waals surface area (Å²) in [5.41, 5.74) is 0.161. The van der Waals surface area contributed by atoms with Crippen LogP contribution < -0.4 is 4.74 Å². The Hall–Kier alpha value is -1.27. The fourth-order valence-electron chi connectivity index (χ4n) is 1.53. The Balaban J connectivity index is 2.92. The highest BCUT2D eigenvalue weighted by atomic mass is 35.7. The maximum Gasteiger partial charge on any atom is 0.338 e. The molecule has 0 heterocycles. The van der Waals surface area contributed by atoms with Crippen molar-refractivity contribution in [1.82, 2.24) is 0 Å². The number of methoxy groups -OCH3 is 1. The van der Waals surface area contributed by atoms with E-state index in [0.717, 1.165) is 6.07 Å². The monoisotopic (exact) mass is 334 g/mol. The number of benzene rings is 1. The molecule has 1 aromatic carbocycles. The molecule has 0 aliphatic heterocycles. The highest BCUT2D eigenvalue weighted by Gasteiger charge is 2.20. The second-order valence-electron chi connectivity index (χ2n) is 5.75. The minimum Gasteiger partial charge on any atom is -0.495 e. The molecule has 0 aromatic heterocycles. The van der Waals surface area contributed by atoms with Gasteiger partial charge in [0.25, 0.3) is 9.05 Å². The molecule has 7 heteroatoms. The molecule has 1 rings (SSSR count). The molecule has 118 valence electrons. The third-order valence-electron chi connectivity index (χ3n) is 2.75. The minimum absolute atomic E-state index is 0.0465. The smallest absolute Gasteiger partial charge is 0.338 e. The first kappa shape index (κ1) is 17.8. The Morgan fingerprint density at radius 2 is 1.90 bits per heavy atom. The van der Waals surface area contributed by atoms with Gasteiger partial charge in [-0.3, -0.25) is 0 Å². The number of ether oxygens (including phenoxy) is 2. The number of esters is 1. The summed E-state index contributed by atoms with van der Waals surface area (Å²) in [6, 6.07) is 3.96. The lowest BCUT2D eigenvalue weighted by Crippen LogP contribution is -2.13. The quantitative estimate of drug-likeness (QED) is 0.611. The van der Waals surface area contributed by atoms with Gasteiger partial charge in [-0.1, -0.05) is 20.8 Å². The van der Waals surface area contributed by atoms with Crippen LogP contribution in [0.15, 0.2) is 23.1 Å². The molecule has 21 heavy (non-hydrogen) atoms. The van der Waals surface area contributed by atoms with Gasteiger partial charge in [0.2, 0.25) is 0 Å². The van der Waals surface area contributed by atoms with Crippen LogP contribution in [0.25, 0.3) is 0 Å². The summed E-state index contributed by atoms with van der Waals surface area (Å²) in [5, 5.41) is 0. The van der Waals surface area contributed by atoms with Crippen LogP contribution in [-0.2, 0) is 13.8 Å². The van der Waals surface area contributed by atoms with Gasteiger partial charge in [-0.2, -0.15) is 0 Å². The summed E-state index contributed by atoms with van der Waals surface area (Å²) < 4.78 is 33.0. The van der Waals surface area contributed by atoms with E-state index in [0.29, 0.717) is 6.42 Å². The average Bonchev–Trinajstić information content (AvgIpc) is 2.35. The molecule has 0 unspecified atom stereocenters. The Kier molecular flexibility index (Phi) is 5.64. The molecule has 0 atom stereocenters. The molecule has 0 saturated carbocycles. The maximum atomic E-state index is 11.9. The largest absolute Gasteiger partial charge is 0.495 e. The Morgan fingerprint density at radius 3 is 2.38 bits per heavy atom. The molecular weight excluding hydrogens is 316 g/mol. The van der Waals surface area contributed by atoms with Crippen molar-refractivity contribution in [3.63, 3.8) is 0 Å². The molecule has 0 amide bonds. The van der Waals surface area contributed by atoms with E-state index in [2.05, 4.69) is 0 Å². The Bertz CT molecular complexity index is 617. The van der Waals surface area contributed by atoms with Crippen LogP contribution in [0.3, 0.4) is 0 Å². The van der Waals surface area contributed by atoms with E-state index in [4.69, 9.17) is 20.2 Å². The maximum absolute atomic E-state index is 11.9. The summed E-state index contributed by atoms with van der Waals surface area (Å²) in [7, 11) is 2.64. The van der Waals surface area contributed by atoms with Gasteiger partial charge < -0.3 is 9.47 Å². The van der Waals surface area contributed by atoms with Crippen LogP contribution in [0.2, 0.25) is 0 Å². The summed E-state index contributed by atoms with van der Waals surface area (Å²) in [4.78, 5) is 11.7. The van der Waals surface area contributed by atoms with Crippen molar-refractivity contribution < 1.29 is 22.7 Å². The van der Waals surface area contributed by atoms with Crippen molar-refractivity contribution >= 4 is 25.7 Å². The predicted molar refractivity (Wildman–Crippen MR) is 80.4 cm³/mol. The Labute approximate surface area is 129 Å². The van der Waals surface area contributed by atoms with E-state index in [-0.39, 0.29) is 28.2 Å². The lowest BCUT2D eigenvalue weighted by Gasteiger charge is -2.17. The SMILES string of the molecule is COc1ccc(C(=O)OCCC(C)(C)C)cc1S(=O)(=O)Cl. The molecule has 0 saturated heterocycles. The van der Waals surface area contributed by atoms with Crippen molar-refractivity contribution in [2.24, 2.45) is 5.41 Å². The third kappa shape index (κ3) is 5.55. The standard InChI is InChI=1S/C14H19ClO5S/c1-14(2,3)7-8-20-13(16)10-5-6-11(19-4)12(9-10)21(15,17)18/h5-6,9H,7-8H2,1-4H3. The first-order valence-corrected chi connectivity index (χ1v) is 8.65. The van der Waals surface area contributed by atoms with Crippen molar-refractivity contribution in [3.8, 4) is 5.75 Å². The molecule has 0 aliphatic rings. The van der Waals surface area contributed by atoms with Gasteiger partial charge in [-0.15, -0.1) is 0 Å². The van der Waals surface area contributed by atoms with Gasteiger partial charge in [0.1, 0.15) is 10.6 Å². The highest BCUT2D eigenvalue weighted by Crippen LogP contribution is 2.28. The zero-order valence-electron chi connectivity index (χ0n) is 12.5. The fraction of sp³-hybridized carbons (Fsp3) is 0.500. The van der Waals surface area contributed by atoms with Crippen molar-refractivity contribution in [1.29, 1.82) is 0 Å². The van der Waals surface area contributed by atoms with Gasteiger partial charge in [0.15, 0.2) is 0 Å². The van der Waals surface area contributed by atoms with E-state index in [1.807, 2.05) is 20.8 Å². The zero-order valence-corrected chi connectivity index (χ0v) is 14.0. The average molecular weight is 335 g/mol. The molecule has 0 fully saturated rings. The number of hydrogen-bond donors (Lipinski definition) is 0. The van der Waals surface area contributed by atoms with E-state index >= 15 is 0 Å². The van der Waals surface area contributed by atoms with Gasteiger partial charge in [0, 0.05) is 10.7 Å². The second kappa shape index (κ2) is 6.66. The summed E-state index contributed by atoms with van der Waals surface area (Å²) in [6.45, 7) is 6.36. The number of carbonyl (C=O) groups excluding carboxylic acids is 1. The number of halogens is 1. The van der Waals surface area contributed by atoms with Crippen molar-refractivity contribution in [2.45, 2.75) is 32.1 Å². The summed E-state index contributed by atoms with van der Waals surface area (Å²) in [6.07, 6.45) is 0.704. The van der Waals surface area contributed by atoms with Crippen LogP contribution in [0.1, 0.15) is 37.6 Å². The zero-order chi connectivity index (χ0) is 16.3. The topological polar surface area (TPSA) is 69.7 Å². The molecule has 0 bridgehead atoms. The molecule has 0 radical (unpaired) electrons. The van der Waals surface area contributed by atoms with Crippen LogP contribution in [-0.4, -0.2) is 28.1 Å². The molecule has 5 nitrogen and oxygen atoms in total. The lowest BCUT2D eigenvalue weighted by molar-refractivity contribution is 0.0464. The van der Waals surface area contributed by atoms with Crippen molar-refractivity contribution in [3.05, 3.63) is 23.8 Å². The van der Waals surface area contributed by atoms with Gasteiger partial charge in [-0.05, 0) is 30.0 Å². The van der Waals surface area contributed by atoms with Crippen LogP contribution in [0, 0.1) is 5.41 Å². The van der Waals surface area contributed by atoms with Gasteiger partial charge in [-0.25, -0.2) is 13.2 Å². The lowest BCUT2D eigenvalue weighted by atomic mass is 9.93. The number of rotatable bonds is 5. The summed E-state index contributed by atoms with van der Waals surface area (Å²) in [5.74, 6) is -0.514. The van der Waals surface area contributed by atoms with E-state index in [1.165, 1.54) is 19.2 Å². The van der Waals surface area contributed by atoms with E-state index in [1.54, 1.807) is 0 Å². The molecular formula is C14H19ClO5S. The predicted octanol–water partition coefficient (Wildman–Crippen LogP) is 3.22. The normalized spacial score (nSPS) is 12.0. The van der Waals surface area contributed by atoms with E-state index in [9.17, 15) is 13.2 Å². The van der Waals surface area contributed by atoms with Crippen molar-refractivity contribution in [2.75, 3.05) is 13.7 Å². The molecule has 0 aliphatic carbocycles. The van der Waals surface area contributed by atoms with Crippen LogP contribution in [0.4, 0.5) is 0 Å². The van der Waals surface area contributed by atoms with E-state index < -0.39 is 15.0 Å². The third-order valence-corrected chi connectivity index (χ3v) is 4.09. The molecule has 0 spiro atoms. The first-order chi connectivity index (χ1) is 9.54. The minimum atomic E-state index is -4.01. The van der Waals surface area contributed by atoms with Crippen LogP contribution >= 0.6 is 10.7 Å². The molecule has 0 N–H and O–H groups in total. The summed E-state index contributed by atoms with van der Waals surface area (Å²) >= 11 is 0. The first-order valence-electron chi connectivity index (χ1n) is 6.34. The fourth-order valence-corrected chi connectivity index (χ4v) is 2.55. The highest BCUT2D eigenvalue weighted by molar-refractivity contribution is 8.13. The number of hydrogen-bond acceptors (Lipinski definition) is 5. The van der Waals surface area contributed by atoms with Gasteiger partial charge >= 0.3 is 5.97 Å². The molecule has 1 aromatic rings. The second-order valence-corrected chi connectivity index (χ2v) is 8.28. The van der Waals surface area contributed by atoms with Gasteiger partial charge in [0.05, 0.1) is 19.3 Å². The number of carbonyl (C=O) groups is 1. The van der Waals surface area contributed by atoms with Crippen LogP contribution in [0.5, 0.6) is 5.75 Å². The Morgan fingerprint density at radius 1 is 1.29 bits per heavy atom.